The predicted octanol–water partition coefficient (Wildman–Crippen LogP) is 4.20. The maximum absolute atomic E-state index is 13.4. The van der Waals surface area contributed by atoms with Crippen molar-refractivity contribution in [3.63, 3.8) is 0 Å². The zero-order chi connectivity index (χ0) is 18.9. The van der Waals surface area contributed by atoms with Gasteiger partial charge in [-0.15, -0.1) is 0 Å². The first kappa shape index (κ1) is 18.1. The van der Waals surface area contributed by atoms with Crippen LogP contribution in [0.4, 0.5) is 0 Å². The number of ether oxygens (including phenoxy) is 1. The molecule has 2 aliphatic rings. The molecule has 1 saturated heterocycles. The monoisotopic (exact) mass is 365 g/mol. The van der Waals surface area contributed by atoms with Gasteiger partial charge in [-0.3, -0.25) is 4.79 Å². The number of hydrogen-bond donors (Lipinski definition) is 1. The molecular formula is C23H27NO3. The number of piperidine rings is 1. The molecule has 0 unspecified atom stereocenters. The Kier molecular flexibility index (Phi) is 4.92. The highest BCUT2D eigenvalue weighted by Gasteiger charge is 2.50. The minimum Gasteiger partial charge on any atom is -0.496 e. The smallest absolute Gasteiger partial charge is 0.254 e. The van der Waals surface area contributed by atoms with E-state index in [1.54, 1.807) is 7.11 Å². The molecule has 4 heteroatoms. The summed E-state index contributed by atoms with van der Waals surface area (Å²) in [6.07, 6.45) is 4.53. The lowest BCUT2D eigenvalue weighted by atomic mass is 9.66. The molecule has 2 fully saturated rings. The van der Waals surface area contributed by atoms with Gasteiger partial charge in [-0.25, -0.2) is 0 Å². The van der Waals surface area contributed by atoms with E-state index in [1.165, 1.54) is 0 Å². The molecule has 1 saturated carbocycles. The Morgan fingerprint density at radius 2 is 1.81 bits per heavy atom. The molecule has 4 rings (SSSR count). The summed E-state index contributed by atoms with van der Waals surface area (Å²) in [5, 5.41) is 11.4. The van der Waals surface area contributed by atoms with E-state index in [1.807, 2.05) is 59.5 Å². The summed E-state index contributed by atoms with van der Waals surface area (Å²) < 4.78 is 5.63. The minimum absolute atomic E-state index is 0.0270. The molecular weight excluding hydrogens is 338 g/mol. The predicted molar refractivity (Wildman–Crippen MR) is 105 cm³/mol. The Morgan fingerprint density at radius 1 is 1.07 bits per heavy atom. The van der Waals surface area contributed by atoms with Gasteiger partial charge in [0.25, 0.3) is 5.91 Å². The Balaban J connectivity index is 1.79. The number of likely N-dealkylation sites (tertiary alicyclic amines) is 1. The number of fused-ring (bicyclic) bond motifs is 1. The molecule has 1 aliphatic heterocycles. The van der Waals surface area contributed by atoms with Crippen molar-refractivity contribution in [1.82, 2.24) is 4.90 Å². The van der Waals surface area contributed by atoms with Crippen molar-refractivity contribution >= 4 is 5.91 Å². The molecule has 1 heterocycles. The van der Waals surface area contributed by atoms with E-state index >= 15 is 0 Å². The molecule has 1 N–H and O–H groups in total. The molecule has 0 radical (unpaired) electrons. The highest BCUT2D eigenvalue weighted by Crippen LogP contribution is 2.51. The van der Waals surface area contributed by atoms with E-state index in [4.69, 9.17) is 4.74 Å². The summed E-state index contributed by atoms with van der Waals surface area (Å²) >= 11 is 0. The molecule has 3 atom stereocenters. The number of carbonyl (C=O) groups excluding carboxylic acids is 1. The average molecular weight is 365 g/mol. The van der Waals surface area contributed by atoms with E-state index in [2.05, 4.69) is 0 Å². The number of aliphatic hydroxyl groups is 1. The van der Waals surface area contributed by atoms with E-state index in [0.717, 1.165) is 37.0 Å². The largest absolute Gasteiger partial charge is 0.496 e. The summed E-state index contributed by atoms with van der Waals surface area (Å²) in [5.74, 6) is 0.839. The standard InChI is InChI=1S/C23H27NO3/c1-27-20-13-6-5-11-18(20)21-19-12-7-8-14-23(19,26)15-16-24(21)22(25)17-9-3-2-4-10-17/h2-6,9-11,13,19,21,26H,7-8,12,14-16H2,1H3/t19-,21+,23+/m0/s1. The number of nitrogens with zero attached hydrogens (tertiary/aromatic N) is 1. The van der Waals surface area contributed by atoms with Crippen LogP contribution in [0.1, 0.15) is 54.1 Å². The maximum Gasteiger partial charge on any atom is 0.254 e. The lowest BCUT2D eigenvalue weighted by Gasteiger charge is -2.52. The Bertz CT molecular complexity index is 806. The average Bonchev–Trinajstić information content (AvgIpc) is 2.72. The van der Waals surface area contributed by atoms with Crippen LogP contribution in [0.25, 0.3) is 0 Å². The zero-order valence-corrected chi connectivity index (χ0v) is 15.8. The lowest BCUT2D eigenvalue weighted by molar-refractivity contribution is -0.115. The van der Waals surface area contributed by atoms with E-state index in [-0.39, 0.29) is 17.9 Å². The molecule has 2 aromatic rings. The van der Waals surface area contributed by atoms with Crippen LogP contribution in [0.5, 0.6) is 5.75 Å². The van der Waals surface area contributed by atoms with E-state index in [0.29, 0.717) is 18.5 Å². The zero-order valence-electron chi connectivity index (χ0n) is 15.8. The number of carbonyl (C=O) groups is 1. The number of benzene rings is 2. The van der Waals surface area contributed by atoms with Crippen LogP contribution in [-0.2, 0) is 0 Å². The minimum atomic E-state index is -0.697. The third kappa shape index (κ3) is 3.23. The van der Waals surface area contributed by atoms with Gasteiger partial charge in [0.15, 0.2) is 0 Å². The third-order valence-corrected chi connectivity index (χ3v) is 6.31. The van der Waals surface area contributed by atoms with E-state index < -0.39 is 5.60 Å². The number of methoxy groups -OCH3 is 1. The second-order valence-electron chi connectivity index (χ2n) is 7.76. The summed E-state index contributed by atoms with van der Waals surface area (Å²) in [4.78, 5) is 15.3. The Hall–Kier alpha value is -2.33. The van der Waals surface area contributed by atoms with Gasteiger partial charge in [0.2, 0.25) is 0 Å². The third-order valence-electron chi connectivity index (χ3n) is 6.31. The lowest BCUT2D eigenvalue weighted by Crippen LogP contribution is -2.56. The first-order valence-corrected chi connectivity index (χ1v) is 9.85. The normalized spacial score (nSPS) is 27.7. The maximum atomic E-state index is 13.4. The van der Waals surface area contributed by atoms with Crippen LogP contribution in [0.3, 0.4) is 0 Å². The first-order valence-electron chi connectivity index (χ1n) is 9.85. The Morgan fingerprint density at radius 3 is 2.59 bits per heavy atom. The van der Waals surface area contributed by atoms with Crippen molar-refractivity contribution in [2.45, 2.75) is 43.7 Å². The van der Waals surface area contributed by atoms with Gasteiger partial charge in [0.05, 0.1) is 18.8 Å². The first-order chi connectivity index (χ1) is 13.1. The van der Waals surface area contributed by atoms with Gasteiger partial charge in [-0.2, -0.15) is 0 Å². The van der Waals surface area contributed by atoms with Crippen LogP contribution in [0, 0.1) is 5.92 Å². The van der Waals surface area contributed by atoms with Gasteiger partial charge < -0.3 is 14.7 Å². The molecule has 27 heavy (non-hydrogen) atoms. The molecule has 142 valence electrons. The summed E-state index contributed by atoms with van der Waals surface area (Å²) in [6, 6.07) is 17.2. The molecule has 0 spiro atoms. The molecule has 4 nitrogen and oxygen atoms in total. The number of rotatable bonds is 3. The molecule has 0 bridgehead atoms. The van der Waals surface area contributed by atoms with Gasteiger partial charge in [0, 0.05) is 23.6 Å². The highest BCUT2D eigenvalue weighted by atomic mass is 16.5. The van der Waals surface area contributed by atoms with Crippen molar-refractivity contribution in [1.29, 1.82) is 0 Å². The quantitative estimate of drug-likeness (QED) is 0.887. The van der Waals surface area contributed by atoms with Crippen molar-refractivity contribution in [2.75, 3.05) is 13.7 Å². The van der Waals surface area contributed by atoms with Crippen molar-refractivity contribution < 1.29 is 14.6 Å². The van der Waals surface area contributed by atoms with Crippen LogP contribution in [0.15, 0.2) is 54.6 Å². The SMILES string of the molecule is COc1ccccc1[C@@H]1[C@@H]2CCCC[C@@]2(O)CCN1C(=O)c1ccccc1. The summed E-state index contributed by atoms with van der Waals surface area (Å²) in [5.41, 5.74) is 0.991. The topological polar surface area (TPSA) is 49.8 Å². The second-order valence-corrected chi connectivity index (χ2v) is 7.76. The van der Waals surface area contributed by atoms with Crippen LogP contribution in [0.2, 0.25) is 0 Å². The van der Waals surface area contributed by atoms with Crippen LogP contribution in [-0.4, -0.2) is 35.2 Å². The van der Waals surface area contributed by atoms with Gasteiger partial charge in [-0.05, 0) is 37.5 Å². The highest BCUT2D eigenvalue weighted by molar-refractivity contribution is 5.94. The van der Waals surface area contributed by atoms with Gasteiger partial charge >= 0.3 is 0 Å². The van der Waals surface area contributed by atoms with Crippen molar-refractivity contribution in [2.24, 2.45) is 5.92 Å². The fourth-order valence-electron chi connectivity index (χ4n) is 4.95. The van der Waals surface area contributed by atoms with Crippen molar-refractivity contribution in [3.8, 4) is 5.75 Å². The number of hydrogen-bond acceptors (Lipinski definition) is 3. The molecule has 0 aromatic heterocycles. The number of para-hydroxylation sites is 1. The van der Waals surface area contributed by atoms with Crippen LogP contribution < -0.4 is 4.74 Å². The summed E-state index contributed by atoms with van der Waals surface area (Å²) in [6.45, 7) is 0.559. The summed E-state index contributed by atoms with van der Waals surface area (Å²) in [7, 11) is 1.66. The fourth-order valence-corrected chi connectivity index (χ4v) is 4.95. The van der Waals surface area contributed by atoms with Crippen molar-refractivity contribution in [3.05, 3.63) is 65.7 Å². The van der Waals surface area contributed by atoms with Gasteiger partial charge in [0.1, 0.15) is 5.75 Å². The van der Waals surface area contributed by atoms with Gasteiger partial charge in [-0.1, -0.05) is 49.2 Å². The molecule has 2 aromatic carbocycles. The molecule has 1 amide bonds. The Labute approximate surface area is 160 Å². The fraction of sp³-hybridized carbons (Fsp3) is 0.435. The van der Waals surface area contributed by atoms with Crippen LogP contribution >= 0.6 is 0 Å². The van der Waals surface area contributed by atoms with E-state index in [9.17, 15) is 9.90 Å². The molecule has 1 aliphatic carbocycles. The number of amides is 1. The second kappa shape index (κ2) is 7.35.